The molecule has 0 saturated heterocycles. The molecule has 0 aliphatic carbocycles. The van der Waals surface area contributed by atoms with Crippen molar-refractivity contribution in [2.75, 3.05) is 7.05 Å². The Labute approximate surface area is 123 Å². The van der Waals surface area contributed by atoms with E-state index in [2.05, 4.69) is 4.74 Å². The number of nitrogens with zero attached hydrogens (tertiary/aromatic N) is 1. The molecule has 1 aromatic rings. The van der Waals surface area contributed by atoms with Crippen molar-refractivity contribution in [3.63, 3.8) is 0 Å². The number of likely N-dealkylation sites (N-methyl/N-ethyl adjacent to an activating group) is 1. The highest BCUT2D eigenvalue weighted by Crippen LogP contribution is 2.16. The molecule has 0 aliphatic heterocycles. The first-order chi connectivity index (χ1) is 9.85. The van der Waals surface area contributed by atoms with Crippen molar-refractivity contribution in [2.45, 2.75) is 39.5 Å². The van der Waals surface area contributed by atoms with Crippen LogP contribution in [0.15, 0.2) is 24.3 Å². The fourth-order valence-electron chi connectivity index (χ4n) is 1.88. The molecule has 0 aliphatic rings. The summed E-state index contributed by atoms with van der Waals surface area (Å²) in [6.07, 6.45) is 0.834. The number of hydrogen-bond donors (Lipinski definition) is 1. The molecule has 0 aromatic heterocycles. The van der Waals surface area contributed by atoms with Crippen LogP contribution in [-0.2, 0) is 11.3 Å². The monoisotopic (exact) mass is 300 g/mol. The molecule has 1 aromatic carbocycles. The van der Waals surface area contributed by atoms with Crippen molar-refractivity contribution < 1.29 is 18.3 Å². The van der Waals surface area contributed by atoms with E-state index in [0.717, 1.165) is 12.0 Å². The standard InChI is InChI=1S/C15H22F2N2O2/c1-4-10(2)13(18)14(20)19(3)9-11-5-7-12(8-6-11)21-15(16)17/h5-8,10,13,15H,4,9,18H2,1-3H3/t10?,13-/m0/s1. The molecule has 0 bridgehead atoms. The number of alkyl halides is 2. The van der Waals surface area contributed by atoms with Crippen LogP contribution in [0, 0.1) is 5.92 Å². The molecule has 1 amide bonds. The van der Waals surface area contributed by atoms with E-state index >= 15 is 0 Å². The maximum atomic E-state index is 12.1. The van der Waals surface area contributed by atoms with Gasteiger partial charge in [-0.15, -0.1) is 0 Å². The minimum absolute atomic E-state index is 0.0963. The molecule has 2 atom stereocenters. The normalized spacial score (nSPS) is 13.9. The molecule has 1 rings (SSSR count). The molecule has 0 fully saturated rings. The predicted molar refractivity (Wildman–Crippen MR) is 77.0 cm³/mol. The molecule has 6 heteroatoms. The Morgan fingerprint density at radius 2 is 1.90 bits per heavy atom. The second-order valence-corrected chi connectivity index (χ2v) is 5.13. The van der Waals surface area contributed by atoms with Crippen molar-refractivity contribution in [1.82, 2.24) is 4.90 Å². The van der Waals surface area contributed by atoms with Gasteiger partial charge in [-0.25, -0.2) is 0 Å². The zero-order chi connectivity index (χ0) is 16.0. The Hall–Kier alpha value is -1.69. The Kier molecular flexibility index (Phi) is 6.55. The SMILES string of the molecule is CCC(C)[C@H](N)C(=O)N(C)Cc1ccc(OC(F)F)cc1. The number of carbonyl (C=O) groups is 1. The lowest BCUT2D eigenvalue weighted by atomic mass is 9.99. The fourth-order valence-corrected chi connectivity index (χ4v) is 1.88. The van der Waals surface area contributed by atoms with E-state index in [1.54, 1.807) is 24.1 Å². The molecule has 0 saturated carbocycles. The second kappa shape index (κ2) is 7.93. The number of nitrogens with two attached hydrogens (primary N) is 1. The van der Waals surface area contributed by atoms with Crippen LogP contribution in [0.3, 0.4) is 0 Å². The molecule has 0 heterocycles. The van der Waals surface area contributed by atoms with Gasteiger partial charge < -0.3 is 15.4 Å². The van der Waals surface area contributed by atoms with Crippen LogP contribution in [-0.4, -0.2) is 30.5 Å². The number of halogens is 2. The Bertz CT molecular complexity index is 451. The summed E-state index contributed by atoms with van der Waals surface area (Å²) >= 11 is 0. The summed E-state index contributed by atoms with van der Waals surface area (Å²) < 4.78 is 28.4. The van der Waals surface area contributed by atoms with Gasteiger partial charge in [0.1, 0.15) is 5.75 Å². The summed E-state index contributed by atoms with van der Waals surface area (Å²) in [6.45, 7) is 1.46. The number of ether oxygens (including phenoxy) is 1. The number of benzene rings is 1. The summed E-state index contributed by atoms with van der Waals surface area (Å²) in [7, 11) is 1.67. The molecule has 21 heavy (non-hydrogen) atoms. The van der Waals surface area contributed by atoms with E-state index in [4.69, 9.17) is 5.73 Å². The van der Waals surface area contributed by atoms with Crippen LogP contribution in [0.2, 0.25) is 0 Å². The predicted octanol–water partition coefficient (Wildman–Crippen LogP) is 2.62. The van der Waals surface area contributed by atoms with Gasteiger partial charge in [-0.05, 0) is 23.6 Å². The topological polar surface area (TPSA) is 55.6 Å². The van der Waals surface area contributed by atoms with Gasteiger partial charge in [-0.2, -0.15) is 8.78 Å². The average molecular weight is 300 g/mol. The van der Waals surface area contributed by atoms with Crippen LogP contribution in [0.25, 0.3) is 0 Å². The quantitative estimate of drug-likeness (QED) is 0.842. The Morgan fingerprint density at radius 1 is 1.33 bits per heavy atom. The average Bonchev–Trinajstić information content (AvgIpc) is 2.46. The van der Waals surface area contributed by atoms with Gasteiger partial charge >= 0.3 is 6.61 Å². The lowest BCUT2D eigenvalue weighted by Crippen LogP contribution is -2.45. The number of amides is 1. The molecular weight excluding hydrogens is 278 g/mol. The van der Waals surface area contributed by atoms with Crippen LogP contribution in [0.4, 0.5) is 8.78 Å². The maximum Gasteiger partial charge on any atom is 0.387 e. The van der Waals surface area contributed by atoms with Crippen molar-refractivity contribution in [3.05, 3.63) is 29.8 Å². The van der Waals surface area contributed by atoms with Crippen molar-refractivity contribution in [3.8, 4) is 5.75 Å². The van der Waals surface area contributed by atoms with Crippen LogP contribution in [0.1, 0.15) is 25.8 Å². The number of hydrogen-bond acceptors (Lipinski definition) is 3. The van der Waals surface area contributed by atoms with Crippen molar-refractivity contribution >= 4 is 5.91 Å². The molecule has 118 valence electrons. The van der Waals surface area contributed by atoms with E-state index in [1.165, 1.54) is 12.1 Å². The van der Waals surface area contributed by atoms with Crippen LogP contribution >= 0.6 is 0 Å². The third-order valence-corrected chi connectivity index (χ3v) is 3.49. The van der Waals surface area contributed by atoms with Gasteiger partial charge in [-0.1, -0.05) is 32.4 Å². The molecule has 0 radical (unpaired) electrons. The highest BCUT2D eigenvalue weighted by atomic mass is 19.3. The Morgan fingerprint density at radius 3 is 2.38 bits per heavy atom. The van der Waals surface area contributed by atoms with Gasteiger partial charge in [0.15, 0.2) is 0 Å². The van der Waals surface area contributed by atoms with Crippen LogP contribution in [0.5, 0.6) is 5.75 Å². The van der Waals surface area contributed by atoms with Gasteiger partial charge in [0.05, 0.1) is 6.04 Å². The second-order valence-electron chi connectivity index (χ2n) is 5.13. The number of rotatable bonds is 7. The first kappa shape index (κ1) is 17.4. The number of carbonyl (C=O) groups excluding carboxylic acids is 1. The summed E-state index contributed by atoms with van der Waals surface area (Å²) in [6, 6.07) is 5.68. The summed E-state index contributed by atoms with van der Waals surface area (Å²) in [5, 5.41) is 0. The molecular formula is C15H22F2N2O2. The summed E-state index contributed by atoms with van der Waals surface area (Å²) in [4.78, 5) is 13.7. The van der Waals surface area contributed by atoms with Crippen molar-refractivity contribution in [2.24, 2.45) is 11.7 Å². The van der Waals surface area contributed by atoms with Crippen LogP contribution < -0.4 is 10.5 Å². The molecule has 1 unspecified atom stereocenters. The van der Waals surface area contributed by atoms with Crippen molar-refractivity contribution in [1.29, 1.82) is 0 Å². The smallest absolute Gasteiger partial charge is 0.387 e. The van der Waals surface area contributed by atoms with Gasteiger partial charge in [0.25, 0.3) is 0 Å². The largest absolute Gasteiger partial charge is 0.435 e. The minimum atomic E-state index is -2.84. The maximum absolute atomic E-state index is 12.1. The van der Waals surface area contributed by atoms with Gasteiger partial charge in [0.2, 0.25) is 5.91 Å². The van der Waals surface area contributed by atoms with Gasteiger partial charge in [-0.3, -0.25) is 4.79 Å². The first-order valence-corrected chi connectivity index (χ1v) is 6.89. The third-order valence-electron chi connectivity index (χ3n) is 3.49. The highest BCUT2D eigenvalue weighted by Gasteiger charge is 2.22. The highest BCUT2D eigenvalue weighted by molar-refractivity contribution is 5.81. The third kappa shape index (κ3) is 5.30. The van der Waals surface area contributed by atoms with E-state index in [-0.39, 0.29) is 17.6 Å². The lowest BCUT2D eigenvalue weighted by Gasteiger charge is -2.24. The minimum Gasteiger partial charge on any atom is -0.435 e. The molecule has 2 N–H and O–H groups in total. The van der Waals surface area contributed by atoms with E-state index in [1.807, 2.05) is 13.8 Å². The Balaban J connectivity index is 2.62. The zero-order valence-corrected chi connectivity index (χ0v) is 12.6. The van der Waals surface area contributed by atoms with E-state index < -0.39 is 12.7 Å². The van der Waals surface area contributed by atoms with Gasteiger partial charge in [0, 0.05) is 13.6 Å². The lowest BCUT2D eigenvalue weighted by molar-refractivity contribution is -0.132. The fraction of sp³-hybridized carbons (Fsp3) is 0.533. The molecule has 4 nitrogen and oxygen atoms in total. The van der Waals surface area contributed by atoms with E-state index in [0.29, 0.717) is 6.54 Å². The van der Waals surface area contributed by atoms with E-state index in [9.17, 15) is 13.6 Å². The first-order valence-electron chi connectivity index (χ1n) is 6.89. The zero-order valence-electron chi connectivity index (χ0n) is 12.6. The summed E-state index contributed by atoms with van der Waals surface area (Å²) in [5.41, 5.74) is 6.73. The summed E-state index contributed by atoms with van der Waals surface area (Å²) in [5.74, 6) is 0.0815. The molecule has 0 spiro atoms.